The molecule has 1 nitrogen and oxygen atoms in total. The predicted octanol–water partition coefficient (Wildman–Crippen LogP) is 5.23. The Morgan fingerprint density at radius 2 is 1.67 bits per heavy atom. The van der Waals surface area contributed by atoms with Crippen molar-refractivity contribution in [1.82, 2.24) is 0 Å². The molecule has 0 saturated heterocycles. The van der Waals surface area contributed by atoms with Gasteiger partial charge >= 0.3 is 0 Å². The Bertz CT molecular complexity index is 277. The normalized spacial score (nSPS) is 26.1. The molecule has 1 heteroatoms. The third-order valence-corrected chi connectivity index (χ3v) is 4.25. The SMILES string of the molecule is CC(C)(C)CC(=O)CC1CCCC(C(C)(C)C)C1. The van der Waals surface area contributed by atoms with E-state index < -0.39 is 0 Å². The summed E-state index contributed by atoms with van der Waals surface area (Å²) in [5.41, 5.74) is 0.556. The Labute approximate surface area is 114 Å². The summed E-state index contributed by atoms with van der Waals surface area (Å²) in [6.07, 6.45) is 6.76. The van der Waals surface area contributed by atoms with E-state index >= 15 is 0 Å². The van der Waals surface area contributed by atoms with Crippen molar-refractivity contribution in [3.8, 4) is 0 Å². The molecule has 0 radical (unpaired) electrons. The second kappa shape index (κ2) is 5.75. The van der Waals surface area contributed by atoms with E-state index in [1.807, 2.05) is 0 Å². The summed E-state index contributed by atoms with van der Waals surface area (Å²) in [6.45, 7) is 13.5. The van der Waals surface area contributed by atoms with Crippen molar-refractivity contribution < 1.29 is 4.79 Å². The topological polar surface area (TPSA) is 17.1 Å². The van der Waals surface area contributed by atoms with Crippen LogP contribution in [0.25, 0.3) is 0 Å². The maximum absolute atomic E-state index is 12.1. The number of rotatable bonds is 3. The molecular weight excluding hydrogens is 220 g/mol. The number of hydrogen-bond donors (Lipinski definition) is 0. The molecule has 0 aromatic carbocycles. The minimum absolute atomic E-state index is 0.148. The van der Waals surface area contributed by atoms with E-state index in [0.717, 1.165) is 18.8 Å². The number of hydrogen-bond acceptors (Lipinski definition) is 1. The molecule has 0 heterocycles. The van der Waals surface area contributed by atoms with Gasteiger partial charge in [0.05, 0.1) is 0 Å². The van der Waals surface area contributed by atoms with E-state index in [1.54, 1.807) is 0 Å². The Hall–Kier alpha value is -0.330. The van der Waals surface area contributed by atoms with Gasteiger partial charge in [0, 0.05) is 12.8 Å². The van der Waals surface area contributed by atoms with Crippen LogP contribution in [0.1, 0.15) is 80.1 Å². The van der Waals surface area contributed by atoms with Gasteiger partial charge in [0.15, 0.2) is 0 Å². The molecule has 1 rings (SSSR count). The van der Waals surface area contributed by atoms with E-state index in [-0.39, 0.29) is 5.41 Å². The first-order chi connectivity index (χ1) is 8.08. The summed E-state index contributed by atoms with van der Waals surface area (Å²) in [7, 11) is 0. The van der Waals surface area contributed by atoms with Crippen molar-refractivity contribution in [2.75, 3.05) is 0 Å². The lowest BCUT2D eigenvalue weighted by atomic mass is 9.68. The lowest BCUT2D eigenvalue weighted by molar-refractivity contribution is -0.122. The van der Waals surface area contributed by atoms with Crippen molar-refractivity contribution in [1.29, 1.82) is 0 Å². The van der Waals surface area contributed by atoms with Gasteiger partial charge in [-0.2, -0.15) is 0 Å². The molecule has 18 heavy (non-hydrogen) atoms. The van der Waals surface area contributed by atoms with Gasteiger partial charge in [-0.1, -0.05) is 54.4 Å². The van der Waals surface area contributed by atoms with Crippen LogP contribution in [0.5, 0.6) is 0 Å². The van der Waals surface area contributed by atoms with E-state index in [9.17, 15) is 4.79 Å². The highest BCUT2D eigenvalue weighted by molar-refractivity contribution is 5.79. The fourth-order valence-electron chi connectivity index (χ4n) is 3.25. The molecule has 1 aliphatic carbocycles. The molecule has 0 aromatic heterocycles. The van der Waals surface area contributed by atoms with Crippen LogP contribution in [0.15, 0.2) is 0 Å². The molecule has 1 aliphatic rings. The highest BCUT2D eigenvalue weighted by Crippen LogP contribution is 2.41. The van der Waals surface area contributed by atoms with Crippen LogP contribution in [-0.2, 0) is 4.79 Å². The third-order valence-electron chi connectivity index (χ3n) is 4.25. The number of carbonyl (C=O) groups is 1. The van der Waals surface area contributed by atoms with Gasteiger partial charge in [0.25, 0.3) is 0 Å². The number of ketones is 1. The van der Waals surface area contributed by atoms with Crippen molar-refractivity contribution in [3.63, 3.8) is 0 Å². The van der Waals surface area contributed by atoms with Crippen LogP contribution in [0.2, 0.25) is 0 Å². The molecule has 0 bridgehead atoms. The van der Waals surface area contributed by atoms with Crippen molar-refractivity contribution in [2.24, 2.45) is 22.7 Å². The van der Waals surface area contributed by atoms with Gasteiger partial charge in [0.2, 0.25) is 0 Å². The van der Waals surface area contributed by atoms with Gasteiger partial charge in [-0.3, -0.25) is 4.79 Å². The molecule has 1 fully saturated rings. The van der Waals surface area contributed by atoms with Crippen LogP contribution in [-0.4, -0.2) is 5.78 Å². The highest BCUT2D eigenvalue weighted by Gasteiger charge is 2.31. The quantitative estimate of drug-likeness (QED) is 0.672. The zero-order valence-corrected chi connectivity index (χ0v) is 13.3. The van der Waals surface area contributed by atoms with Gasteiger partial charge in [0.1, 0.15) is 5.78 Å². The Morgan fingerprint density at radius 3 is 2.17 bits per heavy atom. The summed E-state index contributed by atoms with van der Waals surface area (Å²) >= 11 is 0. The van der Waals surface area contributed by atoms with E-state index in [1.165, 1.54) is 25.7 Å². The lowest BCUT2D eigenvalue weighted by Crippen LogP contribution is -2.28. The second-order valence-corrected chi connectivity index (χ2v) is 8.58. The summed E-state index contributed by atoms with van der Waals surface area (Å²) in [5.74, 6) is 1.93. The third kappa shape index (κ3) is 5.54. The average Bonchev–Trinajstić information content (AvgIpc) is 2.13. The van der Waals surface area contributed by atoms with Crippen LogP contribution in [0.3, 0.4) is 0 Å². The first kappa shape index (κ1) is 15.7. The fourth-order valence-corrected chi connectivity index (χ4v) is 3.25. The minimum atomic E-state index is 0.148. The molecule has 0 aliphatic heterocycles. The van der Waals surface area contributed by atoms with Crippen LogP contribution in [0, 0.1) is 22.7 Å². The standard InChI is InChI=1S/C17H32O/c1-16(2,3)12-15(18)11-13-8-7-9-14(10-13)17(4,5)6/h13-14H,7-12H2,1-6H3. The van der Waals surface area contributed by atoms with Gasteiger partial charge in [-0.05, 0) is 35.5 Å². The van der Waals surface area contributed by atoms with Crippen molar-refractivity contribution in [3.05, 3.63) is 0 Å². The summed E-state index contributed by atoms with van der Waals surface area (Å²) < 4.78 is 0. The molecule has 2 atom stereocenters. The van der Waals surface area contributed by atoms with E-state index in [0.29, 0.717) is 17.1 Å². The molecule has 0 amide bonds. The number of carbonyl (C=O) groups excluding carboxylic acids is 1. The van der Waals surface area contributed by atoms with Gasteiger partial charge in [-0.15, -0.1) is 0 Å². The van der Waals surface area contributed by atoms with Crippen molar-refractivity contribution >= 4 is 5.78 Å². The largest absolute Gasteiger partial charge is 0.300 e. The molecule has 0 spiro atoms. The van der Waals surface area contributed by atoms with Crippen LogP contribution >= 0.6 is 0 Å². The van der Waals surface area contributed by atoms with E-state index in [2.05, 4.69) is 41.5 Å². The minimum Gasteiger partial charge on any atom is -0.300 e. The zero-order valence-electron chi connectivity index (χ0n) is 13.3. The first-order valence-corrected chi connectivity index (χ1v) is 7.59. The highest BCUT2D eigenvalue weighted by atomic mass is 16.1. The average molecular weight is 252 g/mol. The molecular formula is C17H32O. The van der Waals surface area contributed by atoms with Gasteiger partial charge in [-0.25, -0.2) is 0 Å². The Kier molecular flexibility index (Phi) is 5.03. The fraction of sp³-hybridized carbons (Fsp3) is 0.941. The van der Waals surface area contributed by atoms with E-state index in [4.69, 9.17) is 0 Å². The summed E-state index contributed by atoms with van der Waals surface area (Å²) in [5, 5.41) is 0. The molecule has 0 N–H and O–H groups in total. The van der Waals surface area contributed by atoms with Gasteiger partial charge < -0.3 is 0 Å². The molecule has 1 saturated carbocycles. The molecule has 106 valence electrons. The van der Waals surface area contributed by atoms with Crippen LogP contribution < -0.4 is 0 Å². The maximum Gasteiger partial charge on any atom is 0.133 e. The maximum atomic E-state index is 12.1. The lowest BCUT2D eigenvalue weighted by Gasteiger charge is -2.37. The summed E-state index contributed by atoms with van der Waals surface area (Å²) in [4.78, 5) is 12.1. The Morgan fingerprint density at radius 1 is 1.06 bits per heavy atom. The Balaban J connectivity index is 2.46. The predicted molar refractivity (Wildman–Crippen MR) is 78.6 cm³/mol. The second-order valence-electron chi connectivity index (χ2n) is 8.58. The molecule has 0 aromatic rings. The van der Waals surface area contributed by atoms with Crippen molar-refractivity contribution in [2.45, 2.75) is 80.1 Å². The monoisotopic (exact) mass is 252 g/mol. The zero-order chi connectivity index (χ0) is 14.0. The molecule has 2 unspecified atom stereocenters. The first-order valence-electron chi connectivity index (χ1n) is 7.59. The smallest absolute Gasteiger partial charge is 0.133 e. The van der Waals surface area contributed by atoms with Crippen LogP contribution in [0.4, 0.5) is 0 Å². The summed E-state index contributed by atoms with van der Waals surface area (Å²) in [6, 6.07) is 0. The number of Topliss-reactive ketones (excluding diaryl/α,β-unsaturated/α-hetero) is 1.